The van der Waals surface area contributed by atoms with Gasteiger partial charge in [-0.3, -0.25) is 4.79 Å². The van der Waals surface area contributed by atoms with E-state index < -0.39 is 0 Å². The van der Waals surface area contributed by atoms with E-state index in [4.69, 9.17) is 4.74 Å². The third kappa shape index (κ3) is 2.58. The average Bonchev–Trinajstić information content (AvgIpc) is 2.54. The SMILES string of the molecule is COc1c(C)cccc1C1CNC(=O)CCN1. The summed E-state index contributed by atoms with van der Waals surface area (Å²) in [6, 6.07) is 6.21. The second-order valence-corrected chi connectivity index (χ2v) is 4.26. The van der Waals surface area contributed by atoms with Crippen molar-refractivity contribution in [3.63, 3.8) is 0 Å². The Morgan fingerprint density at radius 2 is 2.24 bits per heavy atom. The molecule has 92 valence electrons. The Morgan fingerprint density at radius 1 is 1.41 bits per heavy atom. The van der Waals surface area contributed by atoms with Crippen molar-refractivity contribution in [3.05, 3.63) is 29.3 Å². The van der Waals surface area contributed by atoms with Gasteiger partial charge in [0, 0.05) is 25.1 Å². The van der Waals surface area contributed by atoms with E-state index in [-0.39, 0.29) is 11.9 Å². The van der Waals surface area contributed by atoms with E-state index in [1.165, 1.54) is 0 Å². The van der Waals surface area contributed by atoms with E-state index in [0.29, 0.717) is 19.5 Å². The van der Waals surface area contributed by atoms with E-state index in [1.807, 2.05) is 25.1 Å². The molecule has 1 heterocycles. The third-order valence-corrected chi connectivity index (χ3v) is 3.07. The number of amides is 1. The molecule has 1 saturated heterocycles. The maximum atomic E-state index is 11.3. The first-order chi connectivity index (χ1) is 8.22. The number of nitrogens with one attached hydrogen (secondary N) is 2. The van der Waals surface area contributed by atoms with Gasteiger partial charge in [-0.05, 0) is 12.5 Å². The Kier molecular flexibility index (Phi) is 3.64. The van der Waals surface area contributed by atoms with Gasteiger partial charge in [0.15, 0.2) is 0 Å². The number of carbonyl (C=O) groups is 1. The fraction of sp³-hybridized carbons (Fsp3) is 0.462. The van der Waals surface area contributed by atoms with E-state index in [2.05, 4.69) is 10.6 Å². The van der Waals surface area contributed by atoms with E-state index >= 15 is 0 Å². The predicted octanol–water partition coefficient (Wildman–Crippen LogP) is 1.15. The molecule has 2 N–H and O–H groups in total. The van der Waals surface area contributed by atoms with Crippen LogP contribution in [0.5, 0.6) is 5.75 Å². The highest BCUT2D eigenvalue weighted by Gasteiger charge is 2.20. The largest absolute Gasteiger partial charge is 0.496 e. The maximum absolute atomic E-state index is 11.3. The van der Waals surface area contributed by atoms with Crippen LogP contribution in [0.15, 0.2) is 18.2 Å². The molecule has 0 spiro atoms. The lowest BCUT2D eigenvalue weighted by atomic mass is 10.0. The van der Waals surface area contributed by atoms with E-state index in [9.17, 15) is 4.79 Å². The van der Waals surface area contributed by atoms with Gasteiger partial charge in [-0.15, -0.1) is 0 Å². The van der Waals surface area contributed by atoms with E-state index in [1.54, 1.807) is 7.11 Å². The van der Waals surface area contributed by atoms with E-state index in [0.717, 1.165) is 16.9 Å². The third-order valence-electron chi connectivity index (χ3n) is 3.07. The topological polar surface area (TPSA) is 50.4 Å². The molecule has 0 aromatic heterocycles. The molecule has 4 nitrogen and oxygen atoms in total. The van der Waals surface area contributed by atoms with Crippen LogP contribution in [0.1, 0.15) is 23.6 Å². The molecular weight excluding hydrogens is 216 g/mol. The number of hydrogen-bond acceptors (Lipinski definition) is 3. The minimum absolute atomic E-state index is 0.103. The zero-order valence-electron chi connectivity index (χ0n) is 10.2. The van der Waals surface area contributed by atoms with Gasteiger partial charge in [0.05, 0.1) is 13.2 Å². The van der Waals surface area contributed by atoms with Gasteiger partial charge in [-0.25, -0.2) is 0 Å². The summed E-state index contributed by atoms with van der Waals surface area (Å²) in [5.41, 5.74) is 2.22. The van der Waals surface area contributed by atoms with Gasteiger partial charge in [0.25, 0.3) is 0 Å². The molecule has 2 rings (SSSR count). The van der Waals surface area contributed by atoms with Crippen molar-refractivity contribution in [1.29, 1.82) is 0 Å². The summed E-state index contributed by atoms with van der Waals surface area (Å²) in [7, 11) is 1.68. The Morgan fingerprint density at radius 3 is 3.00 bits per heavy atom. The number of hydrogen-bond donors (Lipinski definition) is 2. The lowest BCUT2D eigenvalue weighted by Gasteiger charge is -2.20. The van der Waals surface area contributed by atoms with Crippen molar-refractivity contribution in [1.82, 2.24) is 10.6 Å². The summed E-state index contributed by atoms with van der Waals surface area (Å²) in [5.74, 6) is 1.01. The number of aryl methyl sites for hydroxylation is 1. The second-order valence-electron chi connectivity index (χ2n) is 4.26. The molecule has 1 aliphatic heterocycles. The first kappa shape index (κ1) is 11.9. The van der Waals surface area contributed by atoms with Gasteiger partial charge >= 0.3 is 0 Å². The van der Waals surface area contributed by atoms with Crippen molar-refractivity contribution >= 4 is 5.91 Å². The van der Waals surface area contributed by atoms with Crippen molar-refractivity contribution in [2.24, 2.45) is 0 Å². The van der Waals surface area contributed by atoms with Gasteiger partial charge in [-0.2, -0.15) is 0 Å². The number of ether oxygens (including phenoxy) is 1. The molecule has 1 atom stereocenters. The minimum Gasteiger partial charge on any atom is -0.496 e. The molecular formula is C13H18N2O2. The van der Waals surface area contributed by atoms with Gasteiger partial charge in [0.2, 0.25) is 5.91 Å². The summed E-state index contributed by atoms with van der Waals surface area (Å²) in [5, 5.41) is 6.27. The number of rotatable bonds is 2. The monoisotopic (exact) mass is 234 g/mol. The average molecular weight is 234 g/mol. The van der Waals surface area contributed by atoms with Crippen molar-refractivity contribution in [2.75, 3.05) is 20.2 Å². The highest BCUT2D eigenvalue weighted by atomic mass is 16.5. The van der Waals surface area contributed by atoms with Crippen molar-refractivity contribution in [3.8, 4) is 5.75 Å². The van der Waals surface area contributed by atoms with Crippen LogP contribution in [0.2, 0.25) is 0 Å². The Bertz CT molecular complexity index is 418. The molecule has 1 unspecified atom stereocenters. The van der Waals surface area contributed by atoms with Crippen LogP contribution >= 0.6 is 0 Å². The number of benzene rings is 1. The number of carbonyl (C=O) groups excluding carboxylic acids is 1. The Hall–Kier alpha value is -1.55. The summed E-state index contributed by atoms with van der Waals surface area (Å²) in [6.07, 6.45) is 0.532. The lowest BCUT2D eigenvalue weighted by molar-refractivity contribution is -0.120. The van der Waals surface area contributed by atoms with Gasteiger partial charge in [-0.1, -0.05) is 18.2 Å². The Labute approximate surface area is 101 Å². The normalized spacial score (nSPS) is 20.6. The first-order valence-electron chi connectivity index (χ1n) is 5.86. The molecule has 4 heteroatoms. The molecule has 1 aromatic rings. The predicted molar refractivity (Wildman–Crippen MR) is 66.1 cm³/mol. The molecule has 1 fully saturated rings. The molecule has 17 heavy (non-hydrogen) atoms. The van der Waals surface area contributed by atoms with Crippen molar-refractivity contribution < 1.29 is 9.53 Å². The van der Waals surface area contributed by atoms with Crippen LogP contribution in [0.4, 0.5) is 0 Å². The highest BCUT2D eigenvalue weighted by Crippen LogP contribution is 2.28. The van der Waals surface area contributed by atoms with Crippen LogP contribution in [-0.2, 0) is 4.79 Å². The molecule has 0 radical (unpaired) electrons. The smallest absolute Gasteiger partial charge is 0.221 e. The van der Waals surface area contributed by atoms with Crippen molar-refractivity contribution in [2.45, 2.75) is 19.4 Å². The second kappa shape index (κ2) is 5.19. The first-order valence-corrected chi connectivity index (χ1v) is 5.86. The fourth-order valence-electron chi connectivity index (χ4n) is 2.18. The lowest BCUT2D eigenvalue weighted by Crippen LogP contribution is -2.29. The van der Waals surface area contributed by atoms with Crippen LogP contribution in [0.25, 0.3) is 0 Å². The maximum Gasteiger partial charge on any atom is 0.221 e. The zero-order chi connectivity index (χ0) is 12.3. The highest BCUT2D eigenvalue weighted by molar-refractivity contribution is 5.76. The van der Waals surface area contributed by atoms with Gasteiger partial charge in [0.1, 0.15) is 5.75 Å². The molecule has 1 aromatic carbocycles. The summed E-state index contributed by atoms with van der Waals surface area (Å²) >= 11 is 0. The standard InChI is InChI=1S/C13H18N2O2/c1-9-4-3-5-10(13(9)17-2)11-8-15-12(16)6-7-14-11/h3-5,11,14H,6-8H2,1-2H3,(H,15,16). The molecule has 1 aliphatic rings. The Balaban J connectivity index is 2.26. The summed E-state index contributed by atoms with van der Waals surface area (Å²) in [6.45, 7) is 3.34. The van der Waals surface area contributed by atoms with Crippen LogP contribution < -0.4 is 15.4 Å². The quantitative estimate of drug-likeness (QED) is 0.807. The van der Waals surface area contributed by atoms with Crippen LogP contribution in [0.3, 0.4) is 0 Å². The van der Waals surface area contributed by atoms with Gasteiger partial charge < -0.3 is 15.4 Å². The van der Waals surface area contributed by atoms with Crippen LogP contribution in [-0.4, -0.2) is 26.1 Å². The molecule has 1 amide bonds. The molecule has 0 bridgehead atoms. The minimum atomic E-state index is 0.103. The summed E-state index contributed by atoms with van der Waals surface area (Å²) < 4.78 is 5.44. The number of methoxy groups -OCH3 is 1. The molecule has 0 aliphatic carbocycles. The number of para-hydroxylation sites is 1. The summed E-state index contributed by atoms with van der Waals surface area (Å²) in [4.78, 5) is 11.3. The zero-order valence-corrected chi connectivity index (χ0v) is 10.2. The fourth-order valence-corrected chi connectivity index (χ4v) is 2.18. The van der Waals surface area contributed by atoms with Crippen LogP contribution in [0, 0.1) is 6.92 Å². The molecule has 0 saturated carbocycles.